The Balaban J connectivity index is 1.48. The van der Waals surface area contributed by atoms with Crippen LogP contribution in [0.1, 0.15) is 17.7 Å². The number of aromatic nitrogens is 5. The Hall–Kier alpha value is -3.09. The van der Waals surface area contributed by atoms with Crippen molar-refractivity contribution >= 4 is 11.8 Å². The molecule has 0 aromatic carbocycles. The summed E-state index contributed by atoms with van der Waals surface area (Å²) >= 11 is 0. The molecule has 0 spiro atoms. The van der Waals surface area contributed by atoms with Gasteiger partial charge in [0.25, 0.3) is 0 Å². The van der Waals surface area contributed by atoms with E-state index < -0.39 is 0 Å². The van der Waals surface area contributed by atoms with Crippen molar-refractivity contribution in [2.75, 3.05) is 23.7 Å². The van der Waals surface area contributed by atoms with Gasteiger partial charge in [0.1, 0.15) is 11.5 Å². The largest absolute Gasteiger partial charge is 0.368 e. The van der Waals surface area contributed by atoms with Gasteiger partial charge in [-0.05, 0) is 37.5 Å². The van der Waals surface area contributed by atoms with E-state index in [9.17, 15) is 0 Å². The maximum atomic E-state index is 4.72. The molecule has 1 aliphatic rings. The van der Waals surface area contributed by atoms with Crippen LogP contribution in [0, 0.1) is 0 Å². The zero-order chi connectivity index (χ0) is 16.9. The molecule has 7 heteroatoms. The molecular weight excluding hydrogens is 314 g/mol. The van der Waals surface area contributed by atoms with Gasteiger partial charge in [-0.2, -0.15) is 0 Å². The Morgan fingerprint density at radius 2 is 1.68 bits per heavy atom. The molecule has 3 heterocycles. The van der Waals surface area contributed by atoms with Gasteiger partial charge in [-0.25, -0.2) is 19.9 Å². The first kappa shape index (κ1) is 15.4. The van der Waals surface area contributed by atoms with Gasteiger partial charge in [0.05, 0.1) is 0 Å². The topological polar surface area (TPSA) is 88.5 Å². The van der Waals surface area contributed by atoms with Crippen molar-refractivity contribution in [1.82, 2.24) is 24.9 Å². The average Bonchev–Trinajstić information content (AvgIpc) is 3.15. The van der Waals surface area contributed by atoms with Crippen molar-refractivity contribution in [2.45, 2.75) is 19.3 Å². The quantitative estimate of drug-likeness (QED) is 0.669. The molecule has 25 heavy (non-hydrogen) atoms. The second kappa shape index (κ2) is 7.21. The Morgan fingerprint density at radius 3 is 2.52 bits per heavy atom. The van der Waals surface area contributed by atoms with Crippen LogP contribution in [0.3, 0.4) is 0 Å². The van der Waals surface area contributed by atoms with E-state index in [1.165, 1.54) is 5.56 Å². The molecule has 0 saturated carbocycles. The molecule has 0 radical (unpaired) electrons. The van der Waals surface area contributed by atoms with Gasteiger partial charge in [-0.15, -0.1) is 0 Å². The fourth-order valence-electron chi connectivity index (χ4n) is 2.93. The van der Waals surface area contributed by atoms with Gasteiger partial charge in [-0.3, -0.25) is 4.98 Å². The van der Waals surface area contributed by atoms with Gasteiger partial charge in [0, 0.05) is 42.9 Å². The molecule has 0 unspecified atom stereocenters. The van der Waals surface area contributed by atoms with E-state index in [4.69, 9.17) is 9.97 Å². The van der Waals surface area contributed by atoms with Crippen LogP contribution in [0.15, 0.2) is 42.9 Å². The third kappa shape index (κ3) is 3.55. The van der Waals surface area contributed by atoms with Crippen molar-refractivity contribution in [3.8, 4) is 11.5 Å². The summed E-state index contributed by atoms with van der Waals surface area (Å²) < 4.78 is 0. The normalized spacial score (nSPS) is 12.6. The monoisotopic (exact) mass is 333 g/mol. The van der Waals surface area contributed by atoms with Crippen molar-refractivity contribution in [3.05, 3.63) is 54.1 Å². The van der Waals surface area contributed by atoms with Crippen LogP contribution in [0.5, 0.6) is 0 Å². The van der Waals surface area contributed by atoms with Crippen LogP contribution >= 0.6 is 0 Å². The van der Waals surface area contributed by atoms with E-state index in [2.05, 4.69) is 25.6 Å². The number of hydrogen-bond acceptors (Lipinski definition) is 7. The fraction of sp³-hybridized carbons (Fsp3) is 0.278. The second-order valence-corrected chi connectivity index (χ2v) is 5.82. The Kier molecular flexibility index (Phi) is 4.45. The third-order valence-electron chi connectivity index (χ3n) is 4.09. The minimum Gasteiger partial charge on any atom is -0.368 e. The molecule has 0 atom stereocenters. The van der Waals surface area contributed by atoms with Gasteiger partial charge in [0.2, 0.25) is 5.95 Å². The van der Waals surface area contributed by atoms with Crippen LogP contribution < -0.4 is 10.6 Å². The number of nitrogens with zero attached hydrogens (tertiary/aromatic N) is 5. The average molecular weight is 333 g/mol. The lowest BCUT2D eigenvalue weighted by molar-refractivity contribution is 0.899. The fourth-order valence-corrected chi connectivity index (χ4v) is 2.93. The molecule has 2 N–H and O–H groups in total. The van der Waals surface area contributed by atoms with Crippen LogP contribution in [-0.4, -0.2) is 38.0 Å². The molecule has 7 nitrogen and oxygen atoms in total. The van der Waals surface area contributed by atoms with E-state index in [0.717, 1.165) is 43.0 Å². The summed E-state index contributed by atoms with van der Waals surface area (Å²) in [6.45, 7) is 1.44. The molecule has 4 rings (SSSR count). The maximum Gasteiger partial charge on any atom is 0.222 e. The first-order chi connectivity index (χ1) is 12.4. The Labute approximate surface area is 146 Å². The SMILES string of the molecule is c1ccc(-c2nc3c(c(NCCNc4ncccn4)n2)CCC3)nc1. The Morgan fingerprint density at radius 1 is 0.840 bits per heavy atom. The summed E-state index contributed by atoms with van der Waals surface area (Å²) in [7, 11) is 0. The number of aryl methyl sites for hydroxylation is 1. The van der Waals surface area contributed by atoms with Crippen molar-refractivity contribution in [3.63, 3.8) is 0 Å². The van der Waals surface area contributed by atoms with E-state index >= 15 is 0 Å². The third-order valence-corrected chi connectivity index (χ3v) is 4.09. The van der Waals surface area contributed by atoms with Gasteiger partial charge in [-0.1, -0.05) is 6.07 Å². The molecule has 3 aromatic heterocycles. The van der Waals surface area contributed by atoms with Gasteiger partial charge in [0.15, 0.2) is 5.82 Å². The minimum atomic E-state index is 0.631. The van der Waals surface area contributed by atoms with Crippen LogP contribution in [0.25, 0.3) is 11.5 Å². The highest BCUT2D eigenvalue weighted by molar-refractivity contribution is 5.57. The number of hydrogen-bond donors (Lipinski definition) is 2. The number of pyridine rings is 1. The number of fused-ring (bicyclic) bond motifs is 1. The number of rotatable bonds is 6. The molecule has 0 saturated heterocycles. The summed E-state index contributed by atoms with van der Waals surface area (Å²) in [5.74, 6) is 2.23. The van der Waals surface area contributed by atoms with Crippen LogP contribution in [-0.2, 0) is 12.8 Å². The summed E-state index contributed by atoms with van der Waals surface area (Å²) in [6, 6.07) is 7.59. The predicted molar refractivity (Wildman–Crippen MR) is 96.3 cm³/mol. The van der Waals surface area contributed by atoms with E-state index in [0.29, 0.717) is 18.3 Å². The molecule has 0 fully saturated rings. The van der Waals surface area contributed by atoms with Crippen LogP contribution in [0.4, 0.5) is 11.8 Å². The molecule has 3 aromatic rings. The Bertz CT molecular complexity index is 837. The second-order valence-electron chi connectivity index (χ2n) is 5.82. The lowest BCUT2D eigenvalue weighted by atomic mass is 10.2. The van der Waals surface area contributed by atoms with Gasteiger partial charge < -0.3 is 10.6 Å². The summed E-state index contributed by atoms with van der Waals surface area (Å²) in [6.07, 6.45) is 8.36. The molecule has 126 valence electrons. The highest BCUT2D eigenvalue weighted by atomic mass is 15.1. The summed E-state index contributed by atoms with van der Waals surface area (Å²) in [5.41, 5.74) is 3.17. The van der Waals surface area contributed by atoms with E-state index in [-0.39, 0.29) is 0 Å². The zero-order valence-corrected chi connectivity index (χ0v) is 13.8. The highest BCUT2D eigenvalue weighted by Gasteiger charge is 2.20. The lowest BCUT2D eigenvalue weighted by Crippen LogP contribution is -2.17. The molecule has 0 amide bonds. The predicted octanol–water partition coefficient (Wildman–Crippen LogP) is 2.34. The van der Waals surface area contributed by atoms with E-state index in [1.807, 2.05) is 18.2 Å². The summed E-state index contributed by atoms with van der Waals surface area (Å²) in [5, 5.41) is 6.62. The molecule has 0 aliphatic heterocycles. The number of anilines is 2. The van der Waals surface area contributed by atoms with Crippen molar-refractivity contribution in [2.24, 2.45) is 0 Å². The summed E-state index contributed by atoms with van der Waals surface area (Å²) in [4.78, 5) is 22.1. The molecule has 1 aliphatic carbocycles. The van der Waals surface area contributed by atoms with Crippen LogP contribution in [0.2, 0.25) is 0 Å². The molecular formula is C18H19N7. The number of nitrogens with one attached hydrogen (secondary N) is 2. The minimum absolute atomic E-state index is 0.631. The standard InChI is InChI=1S/C18H19N7/c1-2-8-19-15(6-1)17-24-14-7-3-5-13(14)16(25-17)20-11-12-23-18-21-9-4-10-22-18/h1-2,4,6,8-10H,3,5,7,11-12H2,(H,20,24,25)(H,21,22,23). The zero-order valence-electron chi connectivity index (χ0n) is 13.8. The maximum absolute atomic E-state index is 4.72. The first-order valence-corrected chi connectivity index (χ1v) is 8.46. The van der Waals surface area contributed by atoms with E-state index in [1.54, 1.807) is 24.7 Å². The van der Waals surface area contributed by atoms with Crippen molar-refractivity contribution < 1.29 is 0 Å². The molecule has 0 bridgehead atoms. The van der Waals surface area contributed by atoms with Gasteiger partial charge >= 0.3 is 0 Å². The van der Waals surface area contributed by atoms with Crippen molar-refractivity contribution in [1.29, 1.82) is 0 Å². The smallest absolute Gasteiger partial charge is 0.222 e. The lowest BCUT2D eigenvalue weighted by Gasteiger charge is -2.12. The highest BCUT2D eigenvalue weighted by Crippen LogP contribution is 2.28. The first-order valence-electron chi connectivity index (χ1n) is 8.46.